The van der Waals surface area contributed by atoms with Crippen LogP contribution in [0.2, 0.25) is 0 Å². The van der Waals surface area contributed by atoms with Crippen LogP contribution in [0.3, 0.4) is 0 Å². The van der Waals surface area contributed by atoms with Crippen LogP contribution in [0.25, 0.3) is 0 Å². The summed E-state index contributed by atoms with van der Waals surface area (Å²) in [7, 11) is 0. The van der Waals surface area contributed by atoms with Crippen LogP contribution in [-0.4, -0.2) is 6.61 Å². The van der Waals surface area contributed by atoms with Gasteiger partial charge in [-0.25, -0.2) is 5.11 Å². The molecule has 0 saturated heterocycles. The van der Waals surface area contributed by atoms with Crippen molar-refractivity contribution < 1.29 is 5.11 Å². The fourth-order valence-electron chi connectivity index (χ4n) is 0.913. The van der Waals surface area contributed by atoms with E-state index in [4.69, 9.17) is 0 Å². The fourth-order valence-corrected chi connectivity index (χ4v) is 3.57. The van der Waals surface area contributed by atoms with Crippen molar-refractivity contribution in [1.29, 1.82) is 0 Å². The van der Waals surface area contributed by atoms with Gasteiger partial charge in [-0.2, -0.15) is 0 Å². The van der Waals surface area contributed by atoms with E-state index in [1.165, 1.54) is 0 Å². The SMILES string of the molecule is [O]CCc1c(Br)cc(Br)cc1Br. The third-order valence-electron chi connectivity index (χ3n) is 1.46. The van der Waals surface area contributed by atoms with E-state index in [1.54, 1.807) is 0 Å². The van der Waals surface area contributed by atoms with Crippen molar-refractivity contribution in [2.45, 2.75) is 6.42 Å². The number of benzene rings is 1. The third-order valence-corrected chi connectivity index (χ3v) is 3.33. The first-order valence-corrected chi connectivity index (χ1v) is 5.74. The first-order chi connectivity index (χ1) is 5.65. The number of hydrogen-bond acceptors (Lipinski definition) is 0. The second-order valence-corrected chi connectivity index (χ2v) is 4.93. The Morgan fingerprint density at radius 1 is 1.08 bits per heavy atom. The lowest BCUT2D eigenvalue weighted by Crippen LogP contribution is -1.92. The van der Waals surface area contributed by atoms with Gasteiger partial charge in [0, 0.05) is 19.8 Å². The zero-order valence-corrected chi connectivity index (χ0v) is 10.9. The molecule has 65 valence electrons. The summed E-state index contributed by atoms with van der Waals surface area (Å²) in [5.74, 6) is 0. The largest absolute Gasteiger partial charge is 0.236 e. The van der Waals surface area contributed by atoms with E-state index in [0.717, 1.165) is 19.0 Å². The molecule has 0 aliphatic heterocycles. The van der Waals surface area contributed by atoms with Gasteiger partial charge in [0.05, 0.1) is 6.61 Å². The molecule has 0 N–H and O–H groups in total. The quantitative estimate of drug-likeness (QED) is 0.764. The average molecular weight is 358 g/mol. The smallest absolute Gasteiger partial charge is 0.0863 e. The van der Waals surface area contributed by atoms with E-state index in [2.05, 4.69) is 47.8 Å². The summed E-state index contributed by atoms with van der Waals surface area (Å²) in [4.78, 5) is 0. The predicted octanol–water partition coefficient (Wildman–Crippen LogP) is 3.95. The molecule has 0 aromatic heterocycles. The minimum Gasteiger partial charge on any atom is -0.236 e. The molecule has 0 unspecified atom stereocenters. The van der Waals surface area contributed by atoms with Gasteiger partial charge in [-0.05, 0) is 17.7 Å². The minimum atomic E-state index is -0.0845. The van der Waals surface area contributed by atoms with Crippen molar-refractivity contribution in [3.63, 3.8) is 0 Å². The van der Waals surface area contributed by atoms with E-state index >= 15 is 0 Å². The Kier molecular flexibility index (Phi) is 4.23. The lowest BCUT2D eigenvalue weighted by atomic mass is 10.2. The van der Waals surface area contributed by atoms with Crippen molar-refractivity contribution in [3.8, 4) is 0 Å². The normalized spacial score (nSPS) is 10.3. The first kappa shape index (κ1) is 10.7. The molecule has 12 heavy (non-hydrogen) atoms. The van der Waals surface area contributed by atoms with Crippen LogP contribution in [0, 0.1) is 0 Å². The molecule has 0 heterocycles. The van der Waals surface area contributed by atoms with Gasteiger partial charge in [0.2, 0.25) is 0 Å². The molecule has 0 aliphatic rings. The summed E-state index contributed by atoms with van der Waals surface area (Å²) in [6.45, 7) is -0.0845. The third kappa shape index (κ3) is 2.55. The molecular formula is C8H6Br3O. The van der Waals surface area contributed by atoms with Crippen LogP contribution in [0.4, 0.5) is 0 Å². The maximum Gasteiger partial charge on any atom is 0.0863 e. The monoisotopic (exact) mass is 355 g/mol. The number of rotatable bonds is 2. The van der Waals surface area contributed by atoms with E-state index in [1.807, 2.05) is 12.1 Å². The zero-order valence-electron chi connectivity index (χ0n) is 6.11. The second kappa shape index (κ2) is 4.74. The van der Waals surface area contributed by atoms with Crippen molar-refractivity contribution in [3.05, 3.63) is 31.1 Å². The lowest BCUT2D eigenvalue weighted by Gasteiger charge is -2.05. The van der Waals surface area contributed by atoms with Gasteiger partial charge in [-0.3, -0.25) is 0 Å². The molecule has 1 aromatic rings. The Balaban J connectivity index is 3.10. The van der Waals surface area contributed by atoms with Gasteiger partial charge in [-0.1, -0.05) is 47.8 Å². The van der Waals surface area contributed by atoms with E-state index in [9.17, 15) is 5.11 Å². The topological polar surface area (TPSA) is 19.9 Å². The highest BCUT2D eigenvalue weighted by Gasteiger charge is 2.05. The van der Waals surface area contributed by atoms with Gasteiger partial charge < -0.3 is 0 Å². The van der Waals surface area contributed by atoms with E-state index < -0.39 is 0 Å². The Hall–Kier alpha value is 0.620. The van der Waals surface area contributed by atoms with Gasteiger partial charge in [0.1, 0.15) is 0 Å². The highest BCUT2D eigenvalue weighted by Crippen LogP contribution is 2.29. The molecule has 1 aromatic carbocycles. The molecule has 4 heteroatoms. The molecule has 1 radical (unpaired) electrons. The Morgan fingerprint density at radius 3 is 2.00 bits per heavy atom. The van der Waals surface area contributed by atoms with Crippen LogP contribution in [0.15, 0.2) is 25.6 Å². The van der Waals surface area contributed by atoms with Crippen molar-refractivity contribution in [1.82, 2.24) is 0 Å². The molecule has 0 fully saturated rings. The van der Waals surface area contributed by atoms with Gasteiger partial charge in [0.15, 0.2) is 0 Å². The number of hydrogen-bond donors (Lipinski definition) is 0. The summed E-state index contributed by atoms with van der Waals surface area (Å²) < 4.78 is 2.94. The molecule has 0 atom stereocenters. The summed E-state index contributed by atoms with van der Waals surface area (Å²) in [6.07, 6.45) is 0.550. The summed E-state index contributed by atoms with van der Waals surface area (Å²) in [6, 6.07) is 3.88. The van der Waals surface area contributed by atoms with Crippen molar-refractivity contribution in [2.75, 3.05) is 6.61 Å². The van der Waals surface area contributed by atoms with Gasteiger partial charge in [0.25, 0.3) is 0 Å². The molecule has 0 spiro atoms. The molecule has 0 saturated carbocycles. The predicted molar refractivity (Wildman–Crippen MR) is 58.8 cm³/mol. The molecule has 1 rings (SSSR count). The van der Waals surface area contributed by atoms with Crippen LogP contribution in [0.1, 0.15) is 5.56 Å². The Labute approximate surface area is 96.6 Å². The second-order valence-electron chi connectivity index (χ2n) is 2.30. The van der Waals surface area contributed by atoms with Crippen LogP contribution in [0.5, 0.6) is 0 Å². The highest BCUT2D eigenvalue weighted by molar-refractivity contribution is 9.11. The highest BCUT2D eigenvalue weighted by atomic mass is 79.9. The Bertz CT molecular complexity index is 263. The van der Waals surface area contributed by atoms with Gasteiger partial charge >= 0.3 is 0 Å². The van der Waals surface area contributed by atoms with Crippen LogP contribution < -0.4 is 0 Å². The summed E-state index contributed by atoms with van der Waals surface area (Å²) in [5.41, 5.74) is 1.04. The lowest BCUT2D eigenvalue weighted by molar-refractivity contribution is 0.197. The van der Waals surface area contributed by atoms with Crippen LogP contribution >= 0.6 is 47.8 Å². The average Bonchev–Trinajstić information content (AvgIpc) is 1.96. The van der Waals surface area contributed by atoms with Gasteiger partial charge in [-0.15, -0.1) is 0 Å². The fraction of sp³-hybridized carbons (Fsp3) is 0.250. The van der Waals surface area contributed by atoms with Crippen LogP contribution in [-0.2, 0) is 11.5 Å². The first-order valence-electron chi connectivity index (χ1n) is 3.36. The molecule has 0 aliphatic carbocycles. The van der Waals surface area contributed by atoms with Crippen molar-refractivity contribution in [2.24, 2.45) is 0 Å². The van der Waals surface area contributed by atoms with Crippen molar-refractivity contribution >= 4 is 47.8 Å². The summed E-state index contributed by atoms with van der Waals surface area (Å²) in [5, 5.41) is 10.4. The number of halogens is 3. The maximum absolute atomic E-state index is 10.4. The molecule has 1 nitrogen and oxygen atoms in total. The van der Waals surface area contributed by atoms with E-state index in [0.29, 0.717) is 6.42 Å². The molecule has 0 amide bonds. The minimum absolute atomic E-state index is 0.0845. The van der Waals surface area contributed by atoms with E-state index in [-0.39, 0.29) is 6.61 Å². The summed E-state index contributed by atoms with van der Waals surface area (Å²) >= 11 is 10.2. The molecule has 0 bridgehead atoms. The standard InChI is InChI=1S/C8H6Br3O/c9-5-3-7(10)6(1-2-12)8(11)4-5/h3-4H,1-2H2. The maximum atomic E-state index is 10.4. The zero-order chi connectivity index (χ0) is 9.14. The molecular weight excluding hydrogens is 352 g/mol. The Morgan fingerprint density at radius 2 is 1.58 bits per heavy atom.